The molecule has 1 aromatic rings. The van der Waals surface area contributed by atoms with E-state index < -0.39 is 0 Å². The summed E-state index contributed by atoms with van der Waals surface area (Å²) >= 11 is 0. The number of hydrogen-bond donors (Lipinski definition) is 1. The lowest BCUT2D eigenvalue weighted by Gasteiger charge is -2.57. The summed E-state index contributed by atoms with van der Waals surface area (Å²) in [5, 5.41) is 3.23. The number of anilines is 1. The van der Waals surface area contributed by atoms with Gasteiger partial charge in [0.1, 0.15) is 0 Å². The van der Waals surface area contributed by atoms with E-state index in [9.17, 15) is 9.59 Å². The van der Waals surface area contributed by atoms with E-state index >= 15 is 0 Å². The second-order valence-electron chi connectivity index (χ2n) is 11.9. The number of amides is 2. The zero-order chi connectivity index (χ0) is 22.6. The highest BCUT2D eigenvalue weighted by Crippen LogP contribution is 2.63. The third kappa shape index (κ3) is 4.03. The number of benzene rings is 1. The number of carbonyl (C=O) groups excluding carboxylic acids is 2. The Balaban J connectivity index is 1.15. The second-order valence-corrected chi connectivity index (χ2v) is 11.9. The van der Waals surface area contributed by atoms with Crippen LogP contribution in [0, 0.1) is 22.7 Å². The molecule has 6 aliphatic rings. The number of nitrogens with zero attached hydrogens (tertiary/aromatic N) is 1. The molecule has 0 aromatic heterocycles. The SMILES string of the molecule is CC12C=C3CC(C1)CC(CC(=O)Nc1cccc4c1CCN(CC1CCOCC1)C4=O)(C3)C2. The molecule has 4 aliphatic carbocycles. The Bertz CT molecular complexity index is 1010. The Labute approximate surface area is 196 Å². The lowest BCUT2D eigenvalue weighted by molar-refractivity contribution is -0.121. The first-order valence-corrected chi connectivity index (χ1v) is 12.9. The number of ether oxygens (including phenoxy) is 1. The van der Waals surface area contributed by atoms with Crippen molar-refractivity contribution in [3.8, 4) is 0 Å². The normalized spacial score (nSPS) is 33.1. The first-order chi connectivity index (χ1) is 15.9. The van der Waals surface area contributed by atoms with Gasteiger partial charge in [0.05, 0.1) is 0 Å². The lowest BCUT2D eigenvalue weighted by Crippen LogP contribution is -2.47. The van der Waals surface area contributed by atoms with E-state index in [1.54, 1.807) is 5.57 Å². The molecule has 2 amide bonds. The summed E-state index contributed by atoms with van der Waals surface area (Å²) in [4.78, 5) is 28.5. The van der Waals surface area contributed by atoms with E-state index in [-0.39, 0.29) is 17.2 Å². The van der Waals surface area contributed by atoms with Crippen molar-refractivity contribution in [3.05, 3.63) is 41.0 Å². The van der Waals surface area contributed by atoms with E-state index in [1.807, 2.05) is 23.1 Å². The molecular formula is C28H36N2O3. The van der Waals surface area contributed by atoms with Gasteiger partial charge >= 0.3 is 0 Å². The van der Waals surface area contributed by atoms with Crippen molar-refractivity contribution in [3.63, 3.8) is 0 Å². The lowest BCUT2D eigenvalue weighted by atomic mass is 9.48. The number of hydrogen-bond acceptors (Lipinski definition) is 3. The molecule has 2 aliphatic heterocycles. The molecule has 2 heterocycles. The topological polar surface area (TPSA) is 58.6 Å². The minimum Gasteiger partial charge on any atom is -0.381 e. The zero-order valence-corrected chi connectivity index (χ0v) is 19.8. The van der Waals surface area contributed by atoms with E-state index in [4.69, 9.17) is 4.74 Å². The molecule has 1 aromatic carbocycles. The van der Waals surface area contributed by atoms with Crippen LogP contribution in [0.3, 0.4) is 0 Å². The molecule has 7 rings (SSSR count). The Morgan fingerprint density at radius 3 is 2.88 bits per heavy atom. The number of nitrogens with one attached hydrogen (secondary N) is 1. The number of allylic oxidation sites excluding steroid dienone is 2. The highest BCUT2D eigenvalue weighted by atomic mass is 16.5. The largest absolute Gasteiger partial charge is 0.381 e. The standard InChI is InChI=1S/C28H36N2O3/c1-27-12-20-11-21(13-27)15-28(14-20,18-27)16-25(31)29-24-4-2-3-23-22(24)5-8-30(26(23)32)17-19-6-9-33-10-7-19/h2-4,12,19,21H,5-11,13-18H2,1H3,(H,29,31). The van der Waals surface area contributed by atoms with Crippen LogP contribution in [0.25, 0.3) is 0 Å². The van der Waals surface area contributed by atoms with E-state index in [2.05, 4.69) is 18.3 Å². The number of fused-ring (bicyclic) bond motifs is 1. The van der Waals surface area contributed by atoms with Crippen molar-refractivity contribution in [2.75, 3.05) is 31.6 Å². The van der Waals surface area contributed by atoms with Gasteiger partial charge in [-0.05, 0) is 91.7 Å². The van der Waals surface area contributed by atoms with E-state index in [0.29, 0.717) is 17.8 Å². The highest BCUT2D eigenvalue weighted by Gasteiger charge is 2.52. The quantitative estimate of drug-likeness (QED) is 0.647. The van der Waals surface area contributed by atoms with Crippen LogP contribution in [0.4, 0.5) is 5.69 Å². The fraction of sp³-hybridized carbons (Fsp3) is 0.643. The summed E-state index contributed by atoms with van der Waals surface area (Å²) in [6.07, 6.45) is 12.0. The summed E-state index contributed by atoms with van der Waals surface area (Å²) in [5.41, 5.74) is 4.63. The van der Waals surface area contributed by atoms with Gasteiger partial charge in [-0.2, -0.15) is 0 Å². The van der Waals surface area contributed by atoms with Gasteiger partial charge in [-0.25, -0.2) is 0 Å². The maximum Gasteiger partial charge on any atom is 0.254 e. The first kappa shape index (κ1) is 21.4. The third-order valence-electron chi connectivity index (χ3n) is 8.92. The molecule has 5 heteroatoms. The van der Waals surface area contributed by atoms with Crippen molar-refractivity contribution in [2.24, 2.45) is 22.7 Å². The monoisotopic (exact) mass is 448 g/mol. The van der Waals surface area contributed by atoms with Crippen molar-refractivity contribution in [2.45, 2.75) is 64.7 Å². The van der Waals surface area contributed by atoms with Crippen LogP contribution in [0.2, 0.25) is 0 Å². The molecule has 1 N–H and O–H groups in total. The molecular weight excluding hydrogens is 412 g/mol. The van der Waals surface area contributed by atoms with Crippen molar-refractivity contribution in [1.82, 2.24) is 4.90 Å². The summed E-state index contributed by atoms with van der Waals surface area (Å²) < 4.78 is 5.47. The van der Waals surface area contributed by atoms with Gasteiger partial charge in [-0.15, -0.1) is 0 Å². The predicted molar refractivity (Wildman–Crippen MR) is 128 cm³/mol. The van der Waals surface area contributed by atoms with Crippen molar-refractivity contribution in [1.29, 1.82) is 0 Å². The first-order valence-electron chi connectivity index (χ1n) is 12.9. The van der Waals surface area contributed by atoms with Crippen molar-refractivity contribution < 1.29 is 14.3 Å². The van der Waals surface area contributed by atoms with Crippen LogP contribution >= 0.6 is 0 Å². The maximum absolute atomic E-state index is 13.3. The number of carbonyl (C=O) groups is 2. The van der Waals surface area contributed by atoms with Gasteiger partial charge in [0.15, 0.2) is 0 Å². The van der Waals surface area contributed by atoms with E-state index in [0.717, 1.165) is 81.1 Å². The van der Waals surface area contributed by atoms with Gasteiger partial charge < -0.3 is 15.0 Å². The molecule has 2 saturated carbocycles. The summed E-state index contributed by atoms with van der Waals surface area (Å²) in [5.74, 6) is 1.52. The summed E-state index contributed by atoms with van der Waals surface area (Å²) in [6, 6.07) is 5.82. The van der Waals surface area contributed by atoms with Crippen LogP contribution in [0.5, 0.6) is 0 Å². The van der Waals surface area contributed by atoms with Crippen LogP contribution < -0.4 is 5.32 Å². The Morgan fingerprint density at radius 1 is 1.24 bits per heavy atom. The molecule has 0 spiro atoms. The van der Waals surface area contributed by atoms with Gasteiger partial charge in [0.2, 0.25) is 5.91 Å². The highest BCUT2D eigenvalue weighted by molar-refractivity contribution is 6.00. The average Bonchev–Trinajstić information content (AvgIpc) is 2.74. The fourth-order valence-corrected chi connectivity index (χ4v) is 8.10. The van der Waals surface area contributed by atoms with Gasteiger partial charge in [-0.1, -0.05) is 24.6 Å². The Morgan fingerprint density at radius 2 is 2.09 bits per heavy atom. The molecule has 176 valence electrons. The fourth-order valence-electron chi connectivity index (χ4n) is 8.10. The minimum absolute atomic E-state index is 0.111. The molecule has 3 fully saturated rings. The van der Waals surface area contributed by atoms with Crippen LogP contribution in [-0.4, -0.2) is 43.0 Å². The van der Waals surface area contributed by atoms with E-state index in [1.165, 1.54) is 19.3 Å². The predicted octanol–water partition coefficient (Wildman–Crippen LogP) is 4.97. The molecule has 4 bridgehead atoms. The molecule has 0 radical (unpaired) electrons. The summed E-state index contributed by atoms with van der Waals surface area (Å²) in [6.45, 7) is 5.54. The Hall–Kier alpha value is -2.14. The maximum atomic E-state index is 13.3. The molecule has 5 nitrogen and oxygen atoms in total. The number of rotatable bonds is 5. The minimum atomic E-state index is 0.111. The van der Waals surface area contributed by atoms with Gasteiger partial charge in [0, 0.05) is 44.0 Å². The Kier molecular flexibility index (Phi) is 5.17. The molecule has 33 heavy (non-hydrogen) atoms. The average molecular weight is 449 g/mol. The van der Waals surface area contributed by atoms with Gasteiger partial charge in [0.25, 0.3) is 5.91 Å². The van der Waals surface area contributed by atoms with Crippen LogP contribution in [-0.2, 0) is 16.0 Å². The van der Waals surface area contributed by atoms with Crippen LogP contribution in [0.1, 0.15) is 74.2 Å². The second kappa shape index (κ2) is 7.97. The third-order valence-corrected chi connectivity index (χ3v) is 8.92. The zero-order valence-electron chi connectivity index (χ0n) is 19.8. The molecule has 3 atom stereocenters. The smallest absolute Gasteiger partial charge is 0.254 e. The van der Waals surface area contributed by atoms with Crippen molar-refractivity contribution >= 4 is 17.5 Å². The molecule has 3 unspecified atom stereocenters. The van der Waals surface area contributed by atoms with Gasteiger partial charge in [-0.3, -0.25) is 9.59 Å². The molecule has 1 saturated heterocycles. The summed E-state index contributed by atoms with van der Waals surface area (Å²) in [7, 11) is 0. The van der Waals surface area contributed by atoms with Crippen LogP contribution in [0.15, 0.2) is 29.8 Å².